The normalized spacial score (nSPS) is 45.1. The Bertz CT molecular complexity index is 1780. The minimum Gasteiger partial charge on any atom is -0.388 e. The Kier molecular flexibility index (Phi) is 4.85. The first-order valence-electron chi connectivity index (χ1n) is 16.5. The molecular weight excluding hydrogens is 554 g/mol. The Labute approximate surface area is 259 Å². The molecule has 3 fully saturated rings. The van der Waals surface area contributed by atoms with Gasteiger partial charge in [-0.05, 0) is 120 Å². The molecule has 7 heteroatoms. The van der Waals surface area contributed by atoms with Crippen molar-refractivity contribution in [3.63, 3.8) is 0 Å². The summed E-state index contributed by atoms with van der Waals surface area (Å²) in [6.45, 7) is 16.7. The highest BCUT2D eigenvalue weighted by molar-refractivity contribution is 5.97. The number of ketones is 1. The van der Waals surface area contributed by atoms with Gasteiger partial charge in [-0.1, -0.05) is 13.8 Å². The van der Waals surface area contributed by atoms with Gasteiger partial charge < -0.3 is 29.4 Å². The van der Waals surface area contributed by atoms with Crippen molar-refractivity contribution < 1.29 is 29.2 Å². The van der Waals surface area contributed by atoms with Gasteiger partial charge in [0.15, 0.2) is 17.7 Å². The summed E-state index contributed by atoms with van der Waals surface area (Å²) >= 11 is 0. The zero-order valence-electron chi connectivity index (χ0n) is 27.2. The third-order valence-electron chi connectivity index (χ3n) is 13.6. The van der Waals surface area contributed by atoms with Gasteiger partial charge in [0.25, 0.3) is 0 Å². The molecule has 0 unspecified atom stereocenters. The fourth-order valence-corrected chi connectivity index (χ4v) is 11.6. The first-order chi connectivity index (χ1) is 20.4. The summed E-state index contributed by atoms with van der Waals surface area (Å²) < 4.78 is 19.4. The smallest absolute Gasteiger partial charge is 0.195 e. The minimum atomic E-state index is -1.24. The van der Waals surface area contributed by atoms with Gasteiger partial charge in [0.1, 0.15) is 5.60 Å². The molecule has 1 aromatic heterocycles. The van der Waals surface area contributed by atoms with E-state index in [4.69, 9.17) is 14.2 Å². The van der Waals surface area contributed by atoms with Gasteiger partial charge in [-0.3, -0.25) is 4.79 Å². The van der Waals surface area contributed by atoms with E-state index in [1.807, 2.05) is 13.8 Å². The van der Waals surface area contributed by atoms with Crippen LogP contribution in [0.4, 0.5) is 0 Å². The predicted octanol–water partition coefficient (Wildman–Crippen LogP) is 5.96. The van der Waals surface area contributed by atoms with Crippen LogP contribution in [0.2, 0.25) is 0 Å². The van der Waals surface area contributed by atoms with Gasteiger partial charge in [0.05, 0.1) is 22.9 Å². The van der Waals surface area contributed by atoms with Crippen LogP contribution in [0.3, 0.4) is 0 Å². The van der Waals surface area contributed by atoms with E-state index in [0.717, 1.165) is 35.1 Å². The lowest BCUT2D eigenvalue weighted by Crippen LogP contribution is -2.69. The van der Waals surface area contributed by atoms with Gasteiger partial charge in [-0.15, -0.1) is 0 Å². The fraction of sp³-hybridized carbons (Fsp3) is 0.649. The maximum absolute atomic E-state index is 13.3. The van der Waals surface area contributed by atoms with Crippen LogP contribution in [0.1, 0.15) is 110 Å². The second-order valence-electron chi connectivity index (χ2n) is 17.0. The summed E-state index contributed by atoms with van der Waals surface area (Å²) in [4.78, 5) is 17.2. The molecule has 2 bridgehead atoms. The Morgan fingerprint density at radius 2 is 1.70 bits per heavy atom. The highest BCUT2D eigenvalue weighted by Gasteiger charge is 2.75. The Hall–Kier alpha value is -2.29. The molecule has 4 heterocycles. The minimum absolute atomic E-state index is 0.110. The van der Waals surface area contributed by atoms with E-state index in [-0.39, 0.29) is 17.1 Å². The number of nitrogens with one attached hydrogen (secondary N) is 1. The van der Waals surface area contributed by atoms with Crippen LogP contribution >= 0.6 is 0 Å². The third kappa shape index (κ3) is 2.92. The van der Waals surface area contributed by atoms with Gasteiger partial charge in [0, 0.05) is 45.3 Å². The molecule has 1 spiro atoms. The molecule has 9 rings (SSSR count). The summed E-state index contributed by atoms with van der Waals surface area (Å²) in [7, 11) is 0. The summed E-state index contributed by atoms with van der Waals surface area (Å²) in [6, 6.07) is 4.47. The Morgan fingerprint density at radius 3 is 2.45 bits per heavy atom. The van der Waals surface area contributed by atoms with Crippen LogP contribution in [0.25, 0.3) is 16.5 Å². The molecule has 1 aromatic carbocycles. The third-order valence-corrected chi connectivity index (χ3v) is 13.6. The second kappa shape index (κ2) is 7.63. The van der Waals surface area contributed by atoms with E-state index in [1.165, 1.54) is 16.6 Å². The quantitative estimate of drug-likeness (QED) is 0.346. The van der Waals surface area contributed by atoms with Gasteiger partial charge >= 0.3 is 0 Å². The number of aromatic amines is 1. The number of ether oxygens (including phenoxy) is 3. The number of aromatic nitrogens is 1. The van der Waals surface area contributed by atoms with Crippen molar-refractivity contribution >= 4 is 22.3 Å². The average molecular weight is 600 g/mol. The molecule has 4 aliphatic carbocycles. The number of H-pyrrole nitrogens is 1. The van der Waals surface area contributed by atoms with E-state index in [9.17, 15) is 15.0 Å². The first kappa shape index (κ1) is 28.0. The van der Waals surface area contributed by atoms with Crippen LogP contribution in [-0.2, 0) is 30.8 Å². The molecular formula is C37H45NO6. The topological polar surface area (TPSA) is 101 Å². The highest BCUT2D eigenvalue weighted by atomic mass is 16.8. The van der Waals surface area contributed by atoms with Crippen molar-refractivity contribution in [1.82, 2.24) is 4.98 Å². The van der Waals surface area contributed by atoms with Crippen molar-refractivity contribution in [3.8, 4) is 0 Å². The SMILES string of the molecule is CC1(C)C=C2c3cc4[nH]c5c(c4cc3[C@H](O)[C@@H]2C(C)(C)O1)C[C@@H]1CC[C@@]2(O)C3=CC(=O)[C@@H]4O[C@@]3(CC[C@]2(C)[C@@]51C)OC4(C)C. The van der Waals surface area contributed by atoms with Crippen LogP contribution in [0, 0.1) is 17.3 Å². The molecule has 44 heavy (non-hydrogen) atoms. The molecule has 7 nitrogen and oxygen atoms in total. The number of benzene rings is 1. The van der Waals surface area contributed by atoms with E-state index in [1.54, 1.807) is 6.08 Å². The van der Waals surface area contributed by atoms with Crippen LogP contribution in [0.5, 0.6) is 0 Å². The van der Waals surface area contributed by atoms with Gasteiger partial charge in [0.2, 0.25) is 0 Å². The molecule has 7 aliphatic rings. The lowest BCUT2D eigenvalue weighted by Gasteiger charge is -2.65. The summed E-state index contributed by atoms with van der Waals surface area (Å²) in [5, 5.41) is 25.8. The lowest BCUT2D eigenvalue weighted by atomic mass is 9.42. The molecule has 2 aromatic rings. The number of rotatable bonds is 0. The van der Waals surface area contributed by atoms with Crippen molar-refractivity contribution in [3.05, 3.63) is 52.2 Å². The molecule has 1 saturated heterocycles. The molecule has 8 atom stereocenters. The van der Waals surface area contributed by atoms with Crippen LogP contribution in [0.15, 0.2) is 29.9 Å². The predicted molar refractivity (Wildman–Crippen MR) is 166 cm³/mol. The van der Waals surface area contributed by atoms with Crippen molar-refractivity contribution in [2.24, 2.45) is 17.3 Å². The molecule has 0 radical (unpaired) electrons. The summed E-state index contributed by atoms with van der Waals surface area (Å²) in [5.41, 5.74) is 3.61. The number of aliphatic hydroxyl groups excluding tert-OH is 1. The zero-order chi connectivity index (χ0) is 31.2. The van der Waals surface area contributed by atoms with E-state index in [2.05, 4.69) is 64.7 Å². The average Bonchev–Trinajstić information content (AvgIpc) is 3.57. The zero-order valence-corrected chi connectivity index (χ0v) is 27.2. The van der Waals surface area contributed by atoms with Crippen molar-refractivity contribution in [1.29, 1.82) is 0 Å². The molecule has 3 N–H and O–H groups in total. The van der Waals surface area contributed by atoms with Crippen LogP contribution < -0.4 is 0 Å². The van der Waals surface area contributed by atoms with Gasteiger partial charge in [-0.25, -0.2) is 0 Å². The highest BCUT2D eigenvalue weighted by Crippen LogP contribution is 2.72. The molecule has 3 aliphatic heterocycles. The Morgan fingerprint density at radius 1 is 0.955 bits per heavy atom. The second-order valence-corrected chi connectivity index (χ2v) is 17.0. The van der Waals surface area contributed by atoms with Crippen LogP contribution in [-0.4, -0.2) is 55.3 Å². The van der Waals surface area contributed by atoms with E-state index >= 15 is 0 Å². The first-order valence-corrected chi connectivity index (χ1v) is 16.5. The maximum atomic E-state index is 13.3. The van der Waals surface area contributed by atoms with E-state index < -0.39 is 45.8 Å². The maximum Gasteiger partial charge on any atom is 0.195 e. The lowest BCUT2D eigenvalue weighted by molar-refractivity contribution is -0.247. The fourth-order valence-electron chi connectivity index (χ4n) is 11.6. The summed E-state index contributed by atoms with van der Waals surface area (Å²) in [5.74, 6) is -0.933. The number of fused-ring (bicyclic) bond motifs is 12. The van der Waals surface area contributed by atoms with Gasteiger partial charge in [-0.2, -0.15) is 0 Å². The van der Waals surface area contributed by atoms with Crippen molar-refractivity contribution in [2.45, 2.75) is 133 Å². The largest absolute Gasteiger partial charge is 0.388 e. The number of aliphatic hydroxyl groups is 2. The van der Waals surface area contributed by atoms with Crippen molar-refractivity contribution in [2.75, 3.05) is 0 Å². The number of carbonyl (C=O) groups excluding carboxylic acids is 1. The standard InChI is InChI=1S/C37H45NO6/c1-31(2)17-23-19-15-24-20(14-21(19)28(40)27(23)32(3,4)43-31)22-13-18-9-10-36(41)26-16-25(39)30-33(5,6)44-37(26,42-30)12-11-34(36,7)35(18,8)29(22)38-24/h14-18,27-28,30,38,40-41H,9-13H2,1-8H3/t18-,27+,28-,30-,34+,35+,36+,37-/m0/s1. The molecule has 2 saturated carbocycles. The molecule has 234 valence electrons. The van der Waals surface area contributed by atoms with E-state index in [0.29, 0.717) is 30.8 Å². The molecule has 0 amide bonds. The number of hydrogen-bond acceptors (Lipinski definition) is 6. The number of hydrogen-bond donors (Lipinski definition) is 3. The number of carbonyl (C=O) groups is 1. The Balaban J connectivity index is 1.19. The monoisotopic (exact) mass is 599 g/mol. The summed E-state index contributed by atoms with van der Waals surface area (Å²) in [6.07, 6.45) is 6.24.